The lowest BCUT2D eigenvalue weighted by Gasteiger charge is -2.22. The fourth-order valence-corrected chi connectivity index (χ4v) is 3.97. The number of fused-ring (bicyclic) bond motifs is 1. The van der Waals surface area contributed by atoms with E-state index in [-0.39, 0.29) is 40.7 Å². The Morgan fingerprint density at radius 3 is 2.53 bits per heavy atom. The van der Waals surface area contributed by atoms with Gasteiger partial charge in [0.15, 0.2) is 9.84 Å². The molecule has 10 heteroatoms. The van der Waals surface area contributed by atoms with E-state index in [0.717, 1.165) is 13.0 Å². The van der Waals surface area contributed by atoms with Gasteiger partial charge in [-0.2, -0.15) is 0 Å². The Hall–Kier alpha value is -2.72. The molecule has 0 amide bonds. The number of nitrogens with one attached hydrogen (secondary N) is 1. The predicted molar refractivity (Wildman–Crippen MR) is 114 cm³/mol. The van der Waals surface area contributed by atoms with Crippen molar-refractivity contribution in [3.63, 3.8) is 0 Å². The number of rotatable bonds is 7. The number of pyridine rings is 1. The van der Waals surface area contributed by atoms with Gasteiger partial charge in [-0.15, -0.1) is 0 Å². The monoisotopic (exact) mass is 440 g/mol. The Balaban J connectivity index is 2.84. The molecule has 7 nitrogen and oxygen atoms in total. The van der Waals surface area contributed by atoms with E-state index in [4.69, 9.17) is 10.8 Å². The highest BCUT2D eigenvalue weighted by atomic mass is 32.2. The molecule has 0 aliphatic heterocycles. The van der Waals surface area contributed by atoms with Crippen molar-refractivity contribution < 1.29 is 22.3 Å². The van der Waals surface area contributed by atoms with Gasteiger partial charge < -0.3 is 16.2 Å². The number of sulfone groups is 1. The molecule has 164 valence electrons. The predicted octanol–water partition coefficient (Wildman–Crippen LogP) is 3.34. The lowest BCUT2D eigenvalue weighted by molar-refractivity contribution is 0.311. The van der Waals surface area contributed by atoms with Crippen molar-refractivity contribution in [2.24, 2.45) is 5.73 Å². The molecule has 0 aliphatic rings. The van der Waals surface area contributed by atoms with Crippen LogP contribution in [0.15, 0.2) is 53.4 Å². The van der Waals surface area contributed by atoms with Crippen molar-refractivity contribution in [3.05, 3.63) is 54.2 Å². The molecule has 0 atom stereocenters. The Bertz CT molecular complexity index is 1140. The van der Waals surface area contributed by atoms with Crippen molar-refractivity contribution >= 4 is 26.7 Å². The van der Waals surface area contributed by atoms with Crippen molar-refractivity contribution in [2.75, 3.05) is 18.5 Å². The minimum atomic E-state index is -3.83. The number of hydrogen-bond donors (Lipinski definition) is 3. The molecule has 0 aromatic carbocycles. The first kappa shape index (κ1) is 23.6. The molecular formula is C20H26F2N4O3S. The third-order valence-corrected chi connectivity index (χ3v) is 6.88. The highest BCUT2D eigenvalue weighted by Crippen LogP contribution is 2.33. The minimum Gasteiger partial charge on any atom is -0.397 e. The number of allylic oxidation sites excluding steroid dienone is 4. The molecule has 2 rings (SSSR count). The van der Waals surface area contributed by atoms with Gasteiger partial charge in [-0.25, -0.2) is 22.2 Å². The molecular weight excluding hydrogens is 414 g/mol. The van der Waals surface area contributed by atoms with E-state index in [2.05, 4.69) is 16.9 Å². The van der Waals surface area contributed by atoms with E-state index < -0.39 is 26.2 Å². The van der Waals surface area contributed by atoms with Gasteiger partial charge in [0.2, 0.25) is 0 Å². The van der Waals surface area contributed by atoms with E-state index in [1.54, 1.807) is 20.8 Å². The van der Waals surface area contributed by atoms with Crippen LogP contribution in [0.2, 0.25) is 0 Å². The van der Waals surface area contributed by atoms with Crippen LogP contribution < -0.4 is 11.1 Å². The lowest BCUT2D eigenvalue weighted by Crippen LogP contribution is -2.29. The molecule has 0 saturated carbocycles. The molecule has 2 aromatic heterocycles. The SMILES string of the molecule is C=C(N)/C(F)=C\C(=C(/C)F)c1cnc2cc(NCCO)c(S(=O)(=O)C(C)(C)C)cn12. The summed E-state index contributed by atoms with van der Waals surface area (Å²) in [4.78, 5) is 4.13. The molecule has 0 bridgehead atoms. The molecule has 30 heavy (non-hydrogen) atoms. The van der Waals surface area contributed by atoms with Crippen LogP contribution in [-0.2, 0) is 9.84 Å². The Kier molecular flexibility index (Phi) is 6.73. The first-order chi connectivity index (χ1) is 13.8. The van der Waals surface area contributed by atoms with E-state index in [0.29, 0.717) is 5.65 Å². The summed E-state index contributed by atoms with van der Waals surface area (Å²) >= 11 is 0. The first-order valence-electron chi connectivity index (χ1n) is 9.10. The second kappa shape index (κ2) is 8.57. The molecule has 2 aromatic rings. The minimum absolute atomic E-state index is 0.0567. The summed E-state index contributed by atoms with van der Waals surface area (Å²) in [5, 5.41) is 12.0. The fraction of sp³-hybridized carbons (Fsp3) is 0.350. The number of anilines is 1. The highest BCUT2D eigenvalue weighted by molar-refractivity contribution is 7.93. The molecule has 0 fully saturated rings. The summed E-state index contributed by atoms with van der Waals surface area (Å²) < 4.78 is 54.8. The number of nitrogens with zero attached hydrogens (tertiary/aromatic N) is 2. The van der Waals surface area contributed by atoms with Crippen molar-refractivity contribution in [1.29, 1.82) is 0 Å². The Labute approximate surface area is 174 Å². The number of halogens is 2. The van der Waals surface area contributed by atoms with Crippen LogP contribution in [0.25, 0.3) is 11.2 Å². The average molecular weight is 441 g/mol. The third-order valence-electron chi connectivity index (χ3n) is 4.36. The molecule has 0 spiro atoms. The fourth-order valence-electron chi connectivity index (χ4n) is 2.65. The number of aromatic nitrogens is 2. The smallest absolute Gasteiger partial charge is 0.186 e. The summed E-state index contributed by atoms with van der Waals surface area (Å²) in [6.07, 6.45) is 3.50. The van der Waals surface area contributed by atoms with Gasteiger partial charge in [-0.3, -0.25) is 4.40 Å². The number of nitrogens with two attached hydrogens (primary N) is 1. The van der Waals surface area contributed by atoms with Crippen LogP contribution in [-0.4, -0.2) is 40.8 Å². The number of imidazole rings is 1. The van der Waals surface area contributed by atoms with Gasteiger partial charge in [-0.1, -0.05) is 6.58 Å². The second-order valence-corrected chi connectivity index (χ2v) is 10.3. The van der Waals surface area contributed by atoms with Crippen LogP contribution in [0.4, 0.5) is 14.5 Å². The van der Waals surface area contributed by atoms with E-state index >= 15 is 0 Å². The van der Waals surface area contributed by atoms with Crippen LogP contribution >= 0.6 is 0 Å². The van der Waals surface area contributed by atoms with Gasteiger partial charge >= 0.3 is 0 Å². The van der Waals surface area contributed by atoms with Crippen LogP contribution in [0.1, 0.15) is 33.4 Å². The molecule has 4 N–H and O–H groups in total. The summed E-state index contributed by atoms with van der Waals surface area (Å²) in [6.45, 7) is 9.00. The van der Waals surface area contributed by atoms with Gasteiger partial charge in [0.25, 0.3) is 0 Å². The maximum atomic E-state index is 14.2. The molecule has 0 saturated heterocycles. The standard InChI is InChI=1S/C20H26F2N4O3S/c1-12(21)14(8-15(22)13(2)23)17-10-25-19-9-16(24-6-7-27)18(11-26(17)19)30(28,29)20(3,4)5/h8-11,24,27H,2,6-7,23H2,1,3-5H3/b14-12-,15-8+. The van der Waals surface area contributed by atoms with Crippen molar-refractivity contribution in [1.82, 2.24) is 9.38 Å². The summed E-state index contributed by atoms with van der Waals surface area (Å²) in [7, 11) is -3.83. The topological polar surface area (TPSA) is 110 Å². The highest BCUT2D eigenvalue weighted by Gasteiger charge is 2.34. The summed E-state index contributed by atoms with van der Waals surface area (Å²) in [5.41, 5.74) is 5.51. The zero-order valence-corrected chi connectivity index (χ0v) is 18.1. The van der Waals surface area contributed by atoms with Crippen LogP contribution in [0.3, 0.4) is 0 Å². The lowest BCUT2D eigenvalue weighted by atomic mass is 10.1. The number of aliphatic hydroxyl groups is 1. The quantitative estimate of drug-likeness (QED) is 0.570. The van der Waals surface area contributed by atoms with Crippen molar-refractivity contribution in [2.45, 2.75) is 37.3 Å². The van der Waals surface area contributed by atoms with Crippen LogP contribution in [0, 0.1) is 0 Å². The van der Waals surface area contributed by atoms with Gasteiger partial charge in [0.05, 0.1) is 34.6 Å². The molecule has 0 unspecified atom stereocenters. The number of hydrogen-bond acceptors (Lipinski definition) is 6. The van der Waals surface area contributed by atoms with Gasteiger partial charge in [0, 0.05) is 24.4 Å². The third kappa shape index (κ3) is 4.54. The Morgan fingerprint density at radius 1 is 1.40 bits per heavy atom. The van der Waals surface area contributed by atoms with E-state index in [9.17, 15) is 17.2 Å². The van der Waals surface area contributed by atoms with E-state index in [1.807, 2.05) is 0 Å². The van der Waals surface area contributed by atoms with Gasteiger partial charge in [0.1, 0.15) is 22.2 Å². The average Bonchev–Trinajstić information content (AvgIpc) is 3.04. The first-order valence-corrected chi connectivity index (χ1v) is 10.6. The molecule has 0 aliphatic carbocycles. The molecule has 2 heterocycles. The zero-order valence-electron chi connectivity index (χ0n) is 17.3. The Morgan fingerprint density at radius 2 is 2.03 bits per heavy atom. The second-order valence-electron chi connectivity index (χ2n) is 7.65. The largest absolute Gasteiger partial charge is 0.397 e. The summed E-state index contributed by atoms with van der Waals surface area (Å²) in [6, 6.07) is 1.48. The number of aliphatic hydroxyl groups excluding tert-OH is 1. The maximum Gasteiger partial charge on any atom is 0.186 e. The van der Waals surface area contributed by atoms with E-state index in [1.165, 1.54) is 22.9 Å². The maximum absolute atomic E-state index is 14.2. The van der Waals surface area contributed by atoms with Crippen molar-refractivity contribution in [3.8, 4) is 0 Å². The molecule has 0 radical (unpaired) electrons. The van der Waals surface area contributed by atoms with Gasteiger partial charge in [-0.05, 0) is 33.8 Å². The zero-order chi connectivity index (χ0) is 22.9. The normalized spacial score (nSPS) is 14.0. The van der Waals surface area contributed by atoms with Crippen LogP contribution in [0.5, 0.6) is 0 Å². The summed E-state index contributed by atoms with van der Waals surface area (Å²) in [5.74, 6) is -1.63.